The van der Waals surface area contributed by atoms with Crippen molar-refractivity contribution in [3.05, 3.63) is 0 Å². The van der Waals surface area contributed by atoms with Crippen LogP contribution in [-0.4, -0.2) is 35.9 Å². The van der Waals surface area contributed by atoms with E-state index in [-0.39, 0.29) is 12.6 Å². The van der Waals surface area contributed by atoms with Gasteiger partial charge in [0.15, 0.2) is 0 Å². The van der Waals surface area contributed by atoms with E-state index in [9.17, 15) is 8.96 Å². The van der Waals surface area contributed by atoms with E-state index in [4.69, 9.17) is 0 Å². The fourth-order valence-corrected chi connectivity index (χ4v) is 2.66. The molecular formula is C18H38F2N2. The molecular weight excluding hydrogens is 282 g/mol. The van der Waals surface area contributed by atoms with Crippen LogP contribution in [0, 0.1) is 0 Å². The first-order chi connectivity index (χ1) is 10.7. The first kappa shape index (κ1) is 21.8. The zero-order valence-electron chi connectivity index (χ0n) is 15.1. The van der Waals surface area contributed by atoms with E-state index >= 15 is 0 Å². The third-order valence-corrected chi connectivity index (χ3v) is 4.18. The summed E-state index contributed by atoms with van der Waals surface area (Å²) >= 11 is 0. The minimum Gasteiger partial charge on any atom is -0.145 e. The molecule has 22 heavy (non-hydrogen) atoms. The van der Waals surface area contributed by atoms with Gasteiger partial charge in [0.1, 0.15) is 0 Å². The van der Waals surface area contributed by atoms with Gasteiger partial charge in [-0.3, -0.25) is 0 Å². The van der Waals surface area contributed by atoms with E-state index in [1.807, 2.05) is 0 Å². The highest BCUT2D eigenvalue weighted by atomic mass is 19.2. The van der Waals surface area contributed by atoms with Crippen LogP contribution in [0.2, 0.25) is 0 Å². The first-order valence-electron chi connectivity index (χ1n) is 9.48. The molecule has 0 aliphatic rings. The van der Waals surface area contributed by atoms with Crippen molar-refractivity contribution in [3.63, 3.8) is 0 Å². The minimum atomic E-state index is -0.294. The van der Waals surface area contributed by atoms with Crippen molar-refractivity contribution in [3.8, 4) is 0 Å². The van der Waals surface area contributed by atoms with E-state index in [1.54, 1.807) is 0 Å². The Morgan fingerprint density at radius 1 is 0.682 bits per heavy atom. The standard InChI is InChI=1S/C18H38F2N2/c1-4-7-10-12-15-21(19)17-18(14-9-6-3)22(20)16-13-11-8-5-2/h18H,4-17H2,1-3H3. The highest BCUT2D eigenvalue weighted by molar-refractivity contribution is 4.69. The lowest BCUT2D eigenvalue weighted by Crippen LogP contribution is -2.38. The lowest BCUT2D eigenvalue weighted by Gasteiger charge is -2.26. The van der Waals surface area contributed by atoms with E-state index < -0.39 is 0 Å². The topological polar surface area (TPSA) is 6.48 Å². The molecule has 0 heterocycles. The average Bonchev–Trinajstić information content (AvgIpc) is 2.52. The first-order valence-corrected chi connectivity index (χ1v) is 9.48. The predicted molar refractivity (Wildman–Crippen MR) is 92.1 cm³/mol. The van der Waals surface area contributed by atoms with Crippen LogP contribution in [0.25, 0.3) is 0 Å². The monoisotopic (exact) mass is 320 g/mol. The van der Waals surface area contributed by atoms with Gasteiger partial charge in [-0.2, -0.15) is 0 Å². The molecule has 0 spiro atoms. The van der Waals surface area contributed by atoms with Gasteiger partial charge < -0.3 is 0 Å². The van der Waals surface area contributed by atoms with Crippen LogP contribution in [0.3, 0.4) is 0 Å². The largest absolute Gasteiger partial charge is 0.145 e. The molecule has 0 bridgehead atoms. The molecule has 4 heteroatoms. The van der Waals surface area contributed by atoms with Crippen molar-refractivity contribution in [1.82, 2.24) is 10.2 Å². The minimum absolute atomic E-state index is 0.205. The summed E-state index contributed by atoms with van der Waals surface area (Å²) in [6, 6.07) is -0.294. The number of halogens is 2. The summed E-state index contributed by atoms with van der Waals surface area (Å²) in [5, 5.41) is 1.72. The summed E-state index contributed by atoms with van der Waals surface area (Å²) in [7, 11) is 0. The molecule has 0 saturated carbocycles. The summed E-state index contributed by atoms with van der Waals surface area (Å²) in [5.41, 5.74) is 0. The van der Waals surface area contributed by atoms with E-state index in [2.05, 4.69) is 20.8 Å². The van der Waals surface area contributed by atoms with Crippen LogP contribution < -0.4 is 0 Å². The van der Waals surface area contributed by atoms with Gasteiger partial charge in [-0.1, -0.05) is 72.1 Å². The van der Waals surface area contributed by atoms with Crippen LogP contribution in [0.4, 0.5) is 8.96 Å². The van der Waals surface area contributed by atoms with Gasteiger partial charge in [0.25, 0.3) is 0 Å². The second-order valence-electron chi connectivity index (χ2n) is 6.41. The second-order valence-corrected chi connectivity index (χ2v) is 6.41. The van der Waals surface area contributed by atoms with Gasteiger partial charge in [0, 0.05) is 19.6 Å². The molecule has 0 amide bonds. The molecule has 0 aliphatic heterocycles. The Hall–Kier alpha value is -0.220. The molecule has 0 N–H and O–H groups in total. The fourth-order valence-electron chi connectivity index (χ4n) is 2.66. The smallest absolute Gasteiger partial charge is 0.0555 e. The number of nitrogens with zero attached hydrogens (tertiary/aromatic N) is 2. The number of unbranched alkanes of at least 4 members (excludes halogenated alkanes) is 7. The Kier molecular flexibility index (Phi) is 15.5. The van der Waals surface area contributed by atoms with E-state index in [1.165, 1.54) is 0 Å². The molecule has 0 fully saturated rings. The van der Waals surface area contributed by atoms with Crippen LogP contribution in [0.1, 0.15) is 91.4 Å². The van der Waals surface area contributed by atoms with E-state index in [0.717, 1.165) is 80.9 Å². The number of hydrogen-bond acceptors (Lipinski definition) is 2. The maximum Gasteiger partial charge on any atom is 0.0555 e. The number of rotatable bonds is 16. The van der Waals surface area contributed by atoms with Gasteiger partial charge in [0.05, 0.1) is 6.04 Å². The quantitative estimate of drug-likeness (QED) is 0.251. The average molecular weight is 321 g/mol. The van der Waals surface area contributed by atoms with Gasteiger partial charge >= 0.3 is 0 Å². The van der Waals surface area contributed by atoms with Crippen LogP contribution in [0.5, 0.6) is 0 Å². The van der Waals surface area contributed by atoms with E-state index in [0.29, 0.717) is 13.1 Å². The van der Waals surface area contributed by atoms with Gasteiger partial charge in [-0.25, -0.2) is 0 Å². The van der Waals surface area contributed by atoms with Crippen LogP contribution >= 0.6 is 0 Å². The molecule has 0 radical (unpaired) electrons. The summed E-state index contributed by atoms with van der Waals surface area (Å²) in [6.45, 7) is 7.48. The Balaban J connectivity index is 4.07. The molecule has 1 unspecified atom stereocenters. The zero-order valence-corrected chi connectivity index (χ0v) is 15.1. The Morgan fingerprint density at radius 3 is 1.77 bits per heavy atom. The molecule has 0 aliphatic carbocycles. The Labute approximate surface area is 137 Å². The van der Waals surface area contributed by atoms with Gasteiger partial charge in [0.2, 0.25) is 0 Å². The summed E-state index contributed by atoms with van der Waals surface area (Å²) < 4.78 is 28.2. The SMILES string of the molecule is CCCCCCN(F)CC(CCCC)N(F)CCCCCC. The maximum atomic E-state index is 14.3. The van der Waals surface area contributed by atoms with Gasteiger partial charge in [-0.15, -0.1) is 19.2 Å². The highest BCUT2D eigenvalue weighted by Crippen LogP contribution is 2.14. The Morgan fingerprint density at radius 2 is 1.23 bits per heavy atom. The Bertz CT molecular complexity index is 227. The third kappa shape index (κ3) is 12.3. The van der Waals surface area contributed by atoms with Crippen molar-refractivity contribution in [2.24, 2.45) is 0 Å². The van der Waals surface area contributed by atoms with Crippen LogP contribution in [-0.2, 0) is 0 Å². The molecule has 0 aromatic heterocycles. The molecule has 0 rings (SSSR count). The summed E-state index contributed by atoms with van der Waals surface area (Å²) in [6.07, 6.45) is 11.2. The van der Waals surface area contributed by atoms with Gasteiger partial charge in [-0.05, 0) is 19.3 Å². The predicted octanol–water partition coefficient (Wildman–Crippen LogP) is 6.08. The lowest BCUT2D eigenvalue weighted by molar-refractivity contribution is -0.0748. The summed E-state index contributed by atoms with van der Waals surface area (Å²) in [5.74, 6) is 0. The molecule has 0 aromatic rings. The van der Waals surface area contributed by atoms with Crippen molar-refractivity contribution in [2.45, 2.75) is 97.4 Å². The lowest BCUT2D eigenvalue weighted by atomic mass is 10.1. The maximum absolute atomic E-state index is 14.3. The summed E-state index contributed by atoms with van der Waals surface area (Å²) in [4.78, 5) is 0. The van der Waals surface area contributed by atoms with Crippen molar-refractivity contribution in [2.75, 3.05) is 19.6 Å². The molecule has 0 saturated heterocycles. The van der Waals surface area contributed by atoms with Crippen LogP contribution in [0.15, 0.2) is 0 Å². The second kappa shape index (κ2) is 15.7. The molecule has 2 nitrogen and oxygen atoms in total. The molecule has 134 valence electrons. The fraction of sp³-hybridized carbons (Fsp3) is 1.00. The molecule has 0 aromatic carbocycles. The van der Waals surface area contributed by atoms with Crippen molar-refractivity contribution >= 4 is 0 Å². The van der Waals surface area contributed by atoms with Crippen molar-refractivity contribution < 1.29 is 8.96 Å². The molecule has 1 atom stereocenters. The van der Waals surface area contributed by atoms with Crippen molar-refractivity contribution in [1.29, 1.82) is 0 Å². The highest BCUT2D eigenvalue weighted by Gasteiger charge is 2.20. The normalized spacial score (nSPS) is 13.2. The number of hydrogen-bond donors (Lipinski definition) is 0. The third-order valence-electron chi connectivity index (χ3n) is 4.18. The zero-order chi connectivity index (χ0) is 16.6.